The van der Waals surface area contributed by atoms with E-state index in [2.05, 4.69) is 6.92 Å². The minimum Gasteiger partial charge on any atom is -0.315 e. The molecule has 0 heterocycles. The minimum absolute atomic E-state index is 0.610. The van der Waals surface area contributed by atoms with E-state index in [0.717, 1.165) is 12.8 Å². The van der Waals surface area contributed by atoms with E-state index in [1.54, 1.807) is 0 Å². The van der Waals surface area contributed by atoms with E-state index in [-0.39, 0.29) is 0 Å². The molecule has 0 radical (unpaired) electrons. The summed E-state index contributed by atoms with van der Waals surface area (Å²) in [6.45, 7) is 2.12. The largest absolute Gasteiger partial charge is 0.315 e. The summed E-state index contributed by atoms with van der Waals surface area (Å²) in [5.74, 6) is 0. The number of hydrogen-bond donors (Lipinski definition) is 2. The van der Waals surface area contributed by atoms with Crippen molar-refractivity contribution in [3.63, 3.8) is 0 Å². The molecule has 1 unspecified atom stereocenters. The normalized spacial score (nSPS) is 13.7. The van der Waals surface area contributed by atoms with Gasteiger partial charge >= 0.3 is 0 Å². The average Bonchev–Trinajstić information content (AvgIpc) is 1.97. The fourth-order valence-electron chi connectivity index (χ4n) is 0.886. The summed E-state index contributed by atoms with van der Waals surface area (Å²) in [5, 5.41) is -0.623. The van der Waals surface area contributed by atoms with Gasteiger partial charge in [0, 0.05) is 0 Å². The highest BCUT2D eigenvalue weighted by atomic mass is 32.2. The fourth-order valence-corrected chi connectivity index (χ4v) is 1.28. The molecular weight excluding hydrogens is 162 g/mol. The van der Waals surface area contributed by atoms with Gasteiger partial charge in [0.05, 0.1) is 0 Å². The van der Waals surface area contributed by atoms with Crippen molar-refractivity contribution in [2.45, 2.75) is 44.4 Å². The molecule has 0 fully saturated rings. The molecule has 0 bridgehead atoms. The lowest BCUT2D eigenvalue weighted by Crippen LogP contribution is -2.20. The zero-order chi connectivity index (χ0) is 8.69. The lowest BCUT2D eigenvalue weighted by Gasteiger charge is -2.02. The molecule has 0 amide bonds. The maximum absolute atomic E-state index is 10.3. The van der Waals surface area contributed by atoms with Gasteiger partial charge in [-0.05, 0) is 6.42 Å². The zero-order valence-corrected chi connectivity index (χ0v) is 7.85. The van der Waals surface area contributed by atoms with Crippen LogP contribution in [0.25, 0.3) is 0 Å². The van der Waals surface area contributed by atoms with Gasteiger partial charge in [0.2, 0.25) is 0 Å². The van der Waals surface area contributed by atoms with Gasteiger partial charge in [-0.25, -0.2) is 8.42 Å². The van der Waals surface area contributed by atoms with Crippen molar-refractivity contribution in [2.24, 2.45) is 5.73 Å². The van der Waals surface area contributed by atoms with Crippen LogP contribution in [0.3, 0.4) is 0 Å². The topological polar surface area (TPSA) is 60.2 Å². The first-order chi connectivity index (χ1) is 5.18. The predicted molar refractivity (Wildman–Crippen MR) is 47.0 cm³/mol. The number of hydrogen-bond acceptors (Lipinski definition) is 3. The van der Waals surface area contributed by atoms with Gasteiger partial charge in [0.15, 0.2) is 10.7 Å². The molecule has 3 nitrogen and oxygen atoms in total. The standard InChI is InChI=1S/C7H17NO2S/c1-2-3-4-5-6-7(8)11(9)10/h7,11H,2-6,8H2,1H3. The van der Waals surface area contributed by atoms with Gasteiger partial charge in [-0.15, -0.1) is 0 Å². The van der Waals surface area contributed by atoms with Crippen molar-refractivity contribution >= 4 is 10.7 Å². The van der Waals surface area contributed by atoms with Gasteiger partial charge in [0.25, 0.3) is 0 Å². The Kier molecular flexibility index (Phi) is 6.56. The van der Waals surface area contributed by atoms with Crippen molar-refractivity contribution in [3.05, 3.63) is 0 Å². The lowest BCUT2D eigenvalue weighted by molar-refractivity contribution is 0.574. The Balaban J connectivity index is 3.24. The highest BCUT2D eigenvalue weighted by molar-refractivity contribution is 7.73. The first-order valence-corrected chi connectivity index (χ1v) is 5.32. The summed E-state index contributed by atoms with van der Waals surface area (Å²) in [7, 11) is -2.40. The van der Waals surface area contributed by atoms with Crippen molar-refractivity contribution in [1.82, 2.24) is 0 Å². The van der Waals surface area contributed by atoms with Crippen LogP contribution >= 0.6 is 0 Å². The van der Waals surface area contributed by atoms with E-state index in [0.29, 0.717) is 6.42 Å². The molecule has 0 aromatic heterocycles. The van der Waals surface area contributed by atoms with Crippen molar-refractivity contribution in [3.8, 4) is 0 Å². The molecule has 0 aromatic carbocycles. The van der Waals surface area contributed by atoms with Gasteiger partial charge in [0.1, 0.15) is 5.37 Å². The maximum Gasteiger partial charge on any atom is 0.155 e. The van der Waals surface area contributed by atoms with Crippen LogP contribution in [0.4, 0.5) is 0 Å². The summed E-state index contributed by atoms with van der Waals surface area (Å²) in [6, 6.07) is 0. The van der Waals surface area contributed by atoms with Gasteiger partial charge in [-0.1, -0.05) is 32.6 Å². The zero-order valence-electron chi connectivity index (χ0n) is 6.95. The van der Waals surface area contributed by atoms with E-state index >= 15 is 0 Å². The molecule has 11 heavy (non-hydrogen) atoms. The van der Waals surface area contributed by atoms with Crippen molar-refractivity contribution in [1.29, 1.82) is 0 Å². The molecule has 0 aliphatic carbocycles. The number of nitrogens with two attached hydrogens (primary N) is 1. The van der Waals surface area contributed by atoms with E-state index in [9.17, 15) is 8.42 Å². The molecule has 0 aromatic rings. The van der Waals surface area contributed by atoms with Crippen LogP contribution in [-0.4, -0.2) is 13.8 Å². The Morgan fingerprint density at radius 3 is 2.36 bits per heavy atom. The molecule has 0 aliphatic heterocycles. The Morgan fingerprint density at radius 1 is 1.27 bits per heavy atom. The summed E-state index contributed by atoms with van der Waals surface area (Å²) in [4.78, 5) is 0. The molecule has 0 aliphatic rings. The summed E-state index contributed by atoms with van der Waals surface area (Å²) in [6.07, 6.45) is 4.96. The second-order valence-electron chi connectivity index (χ2n) is 2.70. The Bertz CT molecular complexity index is 149. The lowest BCUT2D eigenvalue weighted by atomic mass is 10.1. The fraction of sp³-hybridized carbons (Fsp3) is 1.00. The van der Waals surface area contributed by atoms with Gasteiger partial charge < -0.3 is 5.73 Å². The van der Waals surface area contributed by atoms with Crippen LogP contribution in [0.2, 0.25) is 0 Å². The molecule has 68 valence electrons. The van der Waals surface area contributed by atoms with Crippen LogP contribution in [-0.2, 0) is 10.7 Å². The SMILES string of the molecule is CCCCCCC(N)[SH](=O)=O. The quantitative estimate of drug-likeness (QED) is 0.469. The van der Waals surface area contributed by atoms with Crippen molar-refractivity contribution in [2.75, 3.05) is 0 Å². The molecule has 0 saturated carbocycles. The number of thiol groups is 1. The molecule has 0 rings (SSSR count). The summed E-state index contributed by atoms with van der Waals surface area (Å²) >= 11 is 0. The molecule has 0 spiro atoms. The predicted octanol–water partition coefficient (Wildman–Crippen LogP) is 0.853. The van der Waals surface area contributed by atoms with Crippen LogP contribution in [0, 0.1) is 0 Å². The summed E-state index contributed by atoms with van der Waals surface area (Å²) in [5.41, 5.74) is 5.30. The first kappa shape index (κ1) is 10.9. The molecule has 4 heteroatoms. The summed E-state index contributed by atoms with van der Waals surface area (Å²) < 4.78 is 20.6. The van der Waals surface area contributed by atoms with E-state index < -0.39 is 16.1 Å². The van der Waals surface area contributed by atoms with Crippen LogP contribution in [0.5, 0.6) is 0 Å². The van der Waals surface area contributed by atoms with E-state index in [4.69, 9.17) is 5.73 Å². The highest BCUT2D eigenvalue weighted by Crippen LogP contribution is 2.04. The van der Waals surface area contributed by atoms with Crippen LogP contribution < -0.4 is 5.73 Å². The second-order valence-corrected chi connectivity index (χ2v) is 3.94. The third-order valence-corrected chi connectivity index (χ3v) is 2.42. The van der Waals surface area contributed by atoms with Crippen LogP contribution in [0.1, 0.15) is 39.0 Å². The average molecular weight is 179 g/mol. The molecule has 1 atom stereocenters. The minimum atomic E-state index is -2.40. The third-order valence-electron chi connectivity index (χ3n) is 1.62. The van der Waals surface area contributed by atoms with E-state index in [1.165, 1.54) is 12.8 Å². The second kappa shape index (κ2) is 6.61. The smallest absolute Gasteiger partial charge is 0.155 e. The number of rotatable bonds is 6. The third kappa shape index (κ3) is 6.31. The molecular formula is C7H17NO2S. The van der Waals surface area contributed by atoms with Gasteiger partial charge in [-0.2, -0.15) is 0 Å². The van der Waals surface area contributed by atoms with E-state index in [1.807, 2.05) is 0 Å². The first-order valence-electron chi connectivity index (χ1n) is 4.07. The molecule has 2 N–H and O–H groups in total. The highest BCUT2D eigenvalue weighted by Gasteiger charge is 2.02. The Morgan fingerprint density at radius 2 is 1.91 bits per heavy atom. The number of unbranched alkanes of at least 4 members (excludes halogenated alkanes) is 3. The van der Waals surface area contributed by atoms with Crippen LogP contribution in [0.15, 0.2) is 0 Å². The maximum atomic E-state index is 10.3. The molecule has 0 saturated heterocycles. The Hall–Kier alpha value is -0.0900. The Labute approximate surface area is 69.9 Å². The monoisotopic (exact) mass is 179 g/mol. The van der Waals surface area contributed by atoms with Crippen molar-refractivity contribution < 1.29 is 8.42 Å². The van der Waals surface area contributed by atoms with Gasteiger partial charge in [-0.3, -0.25) is 0 Å².